The Hall–Kier alpha value is -2.14. The standard InChI is InChI=1S/C16H14N2O2S/c19-15(20)13-8-17-16-18(13)14(9-21-16)12-6-5-10-3-1-2-4-11(10)7-12/h5-9H,1-4H2,(H,19,20). The van der Waals surface area contributed by atoms with E-state index in [2.05, 4.69) is 23.2 Å². The smallest absolute Gasteiger partial charge is 0.354 e. The number of hydrogen-bond acceptors (Lipinski definition) is 3. The number of fused-ring (bicyclic) bond motifs is 2. The summed E-state index contributed by atoms with van der Waals surface area (Å²) in [6.07, 6.45) is 6.20. The molecule has 1 aromatic carbocycles. The highest BCUT2D eigenvalue weighted by atomic mass is 32.1. The molecule has 1 N–H and O–H groups in total. The Kier molecular flexibility index (Phi) is 2.82. The summed E-state index contributed by atoms with van der Waals surface area (Å²) >= 11 is 1.47. The third kappa shape index (κ3) is 1.96. The van der Waals surface area contributed by atoms with Gasteiger partial charge in [-0.3, -0.25) is 4.40 Å². The predicted molar refractivity (Wildman–Crippen MR) is 82.1 cm³/mol. The van der Waals surface area contributed by atoms with Crippen LogP contribution in [0.5, 0.6) is 0 Å². The molecule has 0 fully saturated rings. The number of carbonyl (C=O) groups is 1. The molecule has 21 heavy (non-hydrogen) atoms. The highest BCUT2D eigenvalue weighted by molar-refractivity contribution is 7.15. The molecule has 106 valence electrons. The third-order valence-electron chi connectivity index (χ3n) is 4.11. The van der Waals surface area contributed by atoms with Crippen molar-refractivity contribution < 1.29 is 9.90 Å². The van der Waals surface area contributed by atoms with Gasteiger partial charge in [0.05, 0.1) is 11.9 Å². The van der Waals surface area contributed by atoms with Crippen molar-refractivity contribution in [3.05, 3.63) is 46.6 Å². The Bertz CT molecular complexity index is 847. The summed E-state index contributed by atoms with van der Waals surface area (Å²) < 4.78 is 1.73. The van der Waals surface area contributed by atoms with E-state index in [9.17, 15) is 9.90 Å². The van der Waals surface area contributed by atoms with E-state index in [1.54, 1.807) is 4.40 Å². The Morgan fingerprint density at radius 2 is 2.05 bits per heavy atom. The minimum Gasteiger partial charge on any atom is -0.477 e. The second kappa shape index (κ2) is 4.70. The number of hydrogen-bond donors (Lipinski definition) is 1. The van der Waals surface area contributed by atoms with Gasteiger partial charge >= 0.3 is 5.97 Å². The van der Waals surface area contributed by atoms with Crippen LogP contribution >= 0.6 is 11.3 Å². The highest BCUT2D eigenvalue weighted by Crippen LogP contribution is 2.31. The van der Waals surface area contributed by atoms with Crippen molar-refractivity contribution in [3.8, 4) is 11.3 Å². The number of aromatic carboxylic acids is 1. The van der Waals surface area contributed by atoms with Crippen LogP contribution in [-0.2, 0) is 12.8 Å². The lowest BCUT2D eigenvalue weighted by atomic mass is 9.90. The van der Waals surface area contributed by atoms with Crippen molar-refractivity contribution in [1.82, 2.24) is 9.38 Å². The minimum atomic E-state index is -0.944. The second-order valence-corrected chi connectivity index (χ2v) is 6.21. The van der Waals surface area contributed by atoms with Crippen LogP contribution in [0.25, 0.3) is 16.2 Å². The summed E-state index contributed by atoms with van der Waals surface area (Å²) in [5, 5.41) is 11.3. The predicted octanol–water partition coefficient (Wildman–Crippen LogP) is 3.64. The average molecular weight is 298 g/mol. The topological polar surface area (TPSA) is 54.6 Å². The molecule has 0 aliphatic heterocycles. The summed E-state index contributed by atoms with van der Waals surface area (Å²) in [6, 6.07) is 6.49. The van der Waals surface area contributed by atoms with E-state index in [1.807, 2.05) is 5.38 Å². The maximum Gasteiger partial charge on any atom is 0.354 e. The van der Waals surface area contributed by atoms with Gasteiger partial charge in [-0.2, -0.15) is 0 Å². The number of imidazole rings is 1. The minimum absolute atomic E-state index is 0.221. The first-order chi connectivity index (χ1) is 10.2. The molecular weight excluding hydrogens is 284 g/mol. The molecule has 4 nitrogen and oxygen atoms in total. The Morgan fingerprint density at radius 3 is 2.86 bits per heavy atom. The molecule has 2 aromatic heterocycles. The lowest BCUT2D eigenvalue weighted by Gasteiger charge is -2.16. The van der Waals surface area contributed by atoms with Crippen molar-refractivity contribution >= 4 is 22.3 Å². The molecule has 5 heteroatoms. The average Bonchev–Trinajstić information content (AvgIpc) is 3.08. The quantitative estimate of drug-likeness (QED) is 0.786. The summed E-state index contributed by atoms with van der Waals surface area (Å²) in [5.41, 5.74) is 5.04. The van der Waals surface area contributed by atoms with Gasteiger partial charge in [0.1, 0.15) is 0 Å². The molecular formula is C16H14N2O2S. The maximum atomic E-state index is 11.3. The van der Waals surface area contributed by atoms with Crippen LogP contribution in [0, 0.1) is 0 Å². The summed E-state index contributed by atoms with van der Waals surface area (Å²) in [4.78, 5) is 16.2. The van der Waals surface area contributed by atoms with Crippen LogP contribution in [0.4, 0.5) is 0 Å². The normalized spacial score (nSPS) is 14.3. The molecule has 1 aliphatic carbocycles. The van der Waals surface area contributed by atoms with Gasteiger partial charge in [-0.1, -0.05) is 12.1 Å². The number of carboxylic acid groups (broad SMARTS) is 1. The first-order valence-corrected chi connectivity index (χ1v) is 7.92. The number of rotatable bonds is 2. The van der Waals surface area contributed by atoms with E-state index >= 15 is 0 Å². The van der Waals surface area contributed by atoms with Gasteiger partial charge in [-0.05, 0) is 48.4 Å². The molecule has 0 saturated carbocycles. The number of aryl methyl sites for hydroxylation is 2. The van der Waals surface area contributed by atoms with Gasteiger partial charge in [-0.15, -0.1) is 11.3 Å². The summed E-state index contributed by atoms with van der Waals surface area (Å²) in [6.45, 7) is 0. The number of nitrogens with zero attached hydrogens (tertiary/aromatic N) is 2. The number of benzene rings is 1. The molecule has 0 unspecified atom stereocenters. The SMILES string of the molecule is O=C(O)c1cnc2scc(-c3ccc4c(c3)CCCC4)n12. The largest absolute Gasteiger partial charge is 0.477 e. The van der Waals surface area contributed by atoms with Gasteiger partial charge in [0, 0.05) is 5.38 Å². The van der Waals surface area contributed by atoms with E-state index in [-0.39, 0.29) is 5.69 Å². The molecule has 0 spiro atoms. The molecule has 4 rings (SSSR count). The Labute approximate surface area is 125 Å². The van der Waals surface area contributed by atoms with Crippen LogP contribution < -0.4 is 0 Å². The fraction of sp³-hybridized carbons (Fsp3) is 0.250. The van der Waals surface area contributed by atoms with E-state index in [0.717, 1.165) is 29.1 Å². The second-order valence-electron chi connectivity index (χ2n) is 5.38. The molecule has 3 aromatic rings. The van der Waals surface area contributed by atoms with E-state index in [4.69, 9.17) is 0 Å². The zero-order valence-electron chi connectivity index (χ0n) is 11.4. The highest BCUT2D eigenvalue weighted by Gasteiger charge is 2.17. The lowest BCUT2D eigenvalue weighted by molar-refractivity contribution is 0.0689. The monoisotopic (exact) mass is 298 g/mol. The van der Waals surface area contributed by atoms with E-state index in [0.29, 0.717) is 0 Å². The first-order valence-electron chi connectivity index (χ1n) is 7.04. The zero-order chi connectivity index (χ0) is 14.4. The summed E-state index contributed by atoms with van der Waals surface area (Å²) in [5.74, 6) is -0.944. The van der Waals surface area contributed by atoms with Crippen molar-refractivity contribution in [1.29, 1.82) is 0 Å². The van der Waals surface area contributed by atoms with Crippen molar-refractivity contribution in [2.24, 2.45) is 0 Å². The number of thiazole rings is 1. The van der Waals surface area contributed by atoms with Crippen molar-refractivity contribution in [2.45, 2.75) is 25.7 Å². The molecule has 2 heterocycles. The Morgan fingerprint density at radius 1 is 1.24 bits per heavy atom. The van der Waals surface area contributed by atoms with Crippen molar-refractivity contribution in [3.63, 3.8) is 0 Å². The van der Waals surface area contributed by atoms with Gasteiger partial charge in [0.25, 0.3) is 0 Å². The van der Waals surface area contributed by atoms with Gasteiger partial charge in [0.15, 0.2) is 10.7 Å². The maximum absolute atomic E-state index is 11.3. The van der Waals surface area contributed by atoms with Crippen LogP contribution in [0.2, 0.25) is 0 Å². The Balaban J connectivity index is 1.90. The first kappa shape index (κ1) is 12.6. The zero-order valence-corrected chi connectivity index (χ0v) is 12.2. The molecule has 0 atom stereocenters. The van der Waals surface area contributed by atoms with Crippen LogP contribution in [-0.4, -0.2) is 20.5 Å². The van der Waals surface area contributed by atoms with Crippen LogP contribution in [0.1, 0.15) is 34.5 Å². The van der Waals surface area contributed by atoms with Crippen LogP contribution in [0.3, 0.4) is 0 Å². The van der Waals surface area contributed by atoms with Gasteiger partial charge in [-0.25, -0.2) is 9.78 Å². The molecule has 0 bridgehead atoms. The van der Waals surface area contributed by atoms with Crippen molar-refractivity contribution in [2.75, 3.05) is 0 Å². The number of aromatic nitrogens is 2. The lowest BCUT2D eigenvalue weighted by Crippen LogP contribution is -2.04. The van der Waals surface area contributed by atoms with E-state index in [1.165, 1.54) is 41.5 Å². The van der Waals surface area contributed by atoms with Gasteiger partial charge in [0.2, 0.25) is 0 Å². The third-order valence-corrected chi connectivity index (χ3v) is 4.95. The molecule has 0 saturated heterocycles. The number of carboxylic acids is 1. The van der Waals surface area contributed by atoms with E-state index < -0.39 is 5.97 Å². The molecule has 0 amide bonds. The fourth-order valence-electron chi connectivity index (χ4n) is 3.05. The van der Waals surface area contributed by atoms with Crippen LogP contribution in [0.15, 0.2) is 29.8 Å². The summed E-state index contributed by atoms with van der Waals surface area (Å²) in [7, 11) is 0. The fourth-order valence-corrected chi connectivity index (χ4v) is 3.93. The molecule has 1 aliphatic rings. The van der Waals surface area contributed by atoms with Gasteiger partial charge < -0.3 is 5.11 Å². The molecule has 0 radical (unpaired) electrons.